The zero-order valence-corrected chi connectivity index (χ0v) is 32.4. The summed E-state index contributed by atoms with van der Waals surface area (Å²) in [4.78, 5) is 69.4. The lowest BCUT2D eigenvalue weighted by Gasteiger charge is -2.43. The van der Waals surface area contributed by atoms with Crippen LogP contribution in [0.2, 0.25) is 0 Å². The minimum Gasteiger partial charge on any atom is -0.507 e. The number of carbonyl (C=O) groups is 5. The van der Waals surface area contributed by atoms with Crippen molar-refractivity contribution < 1.29 is 59.0 Å². The summed E-state index contributed by atoms with van der Waals surface area (Å²) in [6, 6.07) is 0. The fraction of sp³-hybridized carbons (Fsp3) is 0.537. The van der Waals surface area contributed by atoms with E-state index in [1.807, 2.05) is 6.92 Å². The van der Waals surface area contributed by atoms with Crippen LogP contribution in [0.1, 0.15) is 111 Å². The standard InChI is InChI=1S/C41H53NO12/c1-10-11-12-16-53-37-23(7)32(45)26-25-27(37)30(43)20(4)17-41(9,52)38(49)24(8)34(47)28-33(46)22(6)36(54-40(28)51)18(2)14-13-15-19(3)39(50)42-29(35(26)48)21(5)31(25)44/h13-15,17-18,22,24,28,33-34,36,38,45-47,49,52H,10-12,16H2,1-9H3,(H,42,50)/b14-13-,19-15+,20-17+. The van der Waals surface area contributed by atoms with Gasteiger partial charge in [-0.2, -0.15) is 0 Å². The number of Topliss-reactive ketones (excluding diaryl/α,β-unsaturated/α-hetero) is 3. The van der Waals surface area contributed by atoms with E-state index in [2.05, 4.69) is 5.32 Å². The molecule has 54 heavy (non-hydrogen) atoms. The van der Waals surface area contributed by atoms with Gasteiger partial charge in [-0.1, -0.05) is 58.8 Å². The lowest BCUT2D eigenvalue weighted by atomic mass is 9.73. The van der Waals surface area contributed by atoms with Gasteiger partial charge in [0.2, 0.25) is 5.78 Å². The maximum atomic E-state index is 14.5. The average molecular weight is 752 g/mol. The Morgan fingerprint density at radius 2 is 1.48 bits per heavy atom. The summed E-state index contributed by atoms with van der Waals surface area (Å²) in [5.41, 5.74) is -4.17. The van der Waals surface area contributed by atoms with Crippen LogP contribution in [-0.2, 0) is 14.3 Å². The summed E-state index contributed by atoms with van der Waals surface area (Å²) < 4.78 is 11.7. The van der Waals surface area contributed by atoms with Crippen molar-refractivity contribution in [1.82, 2.24) is 5.32 Å². The van der Waals surface area contributed by atoms with Crippen LogP contribution in [0, 0.1) is 30.6 Å². The topological polar surface area (TPSA) is 217 Å². The number of benzene rings is 1. The summed E-state index contributed by atoms with van der Waals surface area (Å²) in [5, 5.41) is 59.6. The number of aromatic hydroxyl groups is 1. The molecule has 1 aromatic rings. The van der Waals surface area contributed by atoms with Crippen LogP contribution in [-0.4, -0.2) is 91.4 Å². The fourth-order valence-electron chi connectivity index (χ4n) is 7.47. The second-order valence-electron chi connectivity index (χ2n) is 15.1. The highest BCUT2D eigenvalue weighted by Gasteiger charge is 2.51. The predicted molar refractivity (Wildman–Crippen MR) is 198 cm³/mol. The molecule has 5 aliphatic heterocycles. The smallest absolute Gasteiger partial charge is 0.314 e. The van der Waals surface area contributed by atoms with Crippen molar-refractivity contribution in [3.05, 3.63) is 69.0 Å². The zero-order valence-electron chi connectivity index (χ0n) is 32.4. The maximum absolute atomic E-state index is 14.5. The Bertz CT molecular complexity index is 1850. The van der Waals surface area contributed by atoms with E-state index in [9.17, 15) is 49.5 Å². The number of rotatable bonds is 5. The number of hydrogen-bond acceptors (Lipinski definition) is 12. The van der Waals surface area contributed by atoms with Gasteiger partial charge >= 0.3 is 5.97 Å². The number of carbonyl (C=O) groups excluding carboxylic acids is 5. The Labute approximate surface area is 315 Å². The molecule has 13 heteroatoms. The summed E-state index contributed by atoms with van der Waals surface area (Å²) >= 11 is 0. The number of aliphatic hydroxyl groups excluding tert-OH is 3. The molecule has 9 unspecified atom stereocenters. The molecule has 294 valence electrons. The molecular formula is C41H53NO12. The number of allylic oxidation sites excluding steroid dienone is 5. The zero-order chi connectivity index (χ0) is 40.6. The number of hydrogen-bond donors (Lipinski definition) is 6. The molecular weight excluding hydrogens is 698 g/mol. The van der Waals surface area contributed by atoms with Crippen molar-refractivity contribution in [3.8, 4) is 11.5 Å². The first-order chi connectivity index (χ1) is 25.2. The van der Waals surface area contributed by atoms with Crippen molar-refractivity contribution >= 4 is 29.2 Å². The normalized spacial score (nSPS) is 33.8. The number of phenolic OH excluding ortho intramolecular Hbond substituents is 1. The van der Waals surface area contributed by atoms with E-state index in [-0.39, 0.29) is 45.9 Å². The predicted octanol–water partition coefficient (Wildman–Crippen LogP) is 3.97. The number of nitrogens with one attached hydrogen (secondary N) is 1. The molecule has 1 saturated heterocycles. The van der Waals surface area contributed by atoms with E-state index in [0.717, 1.165) is 18.9 Å². The molecule has 5 heterocycles. The van der Waals surface area contributed by atoms with Gasteiger partial charge in [-0.3, -0.25) is 24.0 Å². The molecule has 0 radical (unpaired) electrons. The van der Waals surface area contributed by atoms with Crippen molar-refractivity contribution in [2.75, 3.05) is 6.61 Å². The molecule has 1 aromatic carbocycles. The number of aliphatic hydroxyl groups is 4. The quantitative estimate of drug-likeness (QED) is 0.186. The highest BCUT2D eigenvalue weighted by atomic mass is 16.6. The van der Waals surface area contributed by atoms with Crippen molar-refractivity contribution in [1.29, 1.82) is 0 Å². The van der Waals surface area contributed by atoms with Gasteiger partial charge in [0.1, 0.15) is 29.1 Å². The van der Waals surface area contributed by atoms with Crippen LogP contribution in [0.25, 0.3) is 0 Å². The molecule has 9 atom stereocenters. The monoisotopic (exact) mass is 751 g/mol. The van der Waals surface area contributed by atoms with Crippen LogP contribution < -0.4 is 10.1 Å². The number of phenols is 1. The molecule has 0 aromatic heterocycles. The first-order valence-electron chi connectivity index (χ1n) is 18.4. The molecule has 1 fully saturated rings. The second-order valence-corrected chi connectivity index (χ2v) is 15.1. The Balaban J connectivity index is 1.96. The Morgan fingerprint density at radius 1 is 0.852 bits per heavy atom. The number of ether oxygens (including phenoxy) is 2. The summed E-state index contributed by atoms with van der Waals surface area (Å²) in [7, 11) is 0. The Kier molecular flexibility index (Phi) is 12.9. The summed E-state index contributed by atoms with van der Waals surface area (Å²) in [6.07, 6.45) is 2.17. The number of esters is 1. The van der Waals surface area contributed by atoms with Gasteiger partial charge in [-0.15, -0.1) is 0 Å². The highest BCUT2D eigenvalue weighted by molar-refractivity contribution is 6.32. The van der Waals surface area contributed by atoms with Gasteiger partial charge < -0.3 is 40.3 Å². The van der Waals surface area contributed by atoms with Crippen molar-refractivity contribution in [3.63, 3.8) is 0 Å². The van der Waals surface area contributed by atoms with Crippen LogP contribution in [0.3, 0.4) is 0 Å². The third kappa shape index (κ3) is 7.86. The van der Waals surface area contributed by atoms with Crippen molar-refractivity contribution in [2.24, 2.45) is 23.7 Å². The van der Waals surface area contributed by atoms with E-state index in [0.29, 0.717) is 6.42 Å². The van der Waals surface area contributed by atoms with Crippen LogP contribution in [0.15, 0.2) is 46.7 Å². The van der Waals surface area contributed by atoms with E-state index in [4.69, 9.17) is 9.47 Å². The largest absolute Gasteiger partial charge is 0.507 e. The average Bonchev–Trinajstić information content (AvgIpc) is 3.11. The van der Waals surface area contributed by atoms with E-state index in [1.54, 1.807) is 19.9 Å². The SMILES string of the molecule is CCCCCOc1c(C)c(O)c2c3c1C(=O)/C(C)=C/C(C)(O)C(O)C(C)C(O)C1C(=O)OC(C(C)/C=C\C=C(/C)C(=O)NC(=C(C)C3=O)C2=O)C(C)C1O. The van der Waals surface area contributed by atoms with Gasteiger partial charge in [-0.25, -0.2) is 0 Å². The molecule has 6 aliphatic rings. The molecule has 1 aliphatic carbocycles. The van der Waals surface area contributed by atoms with Gasteiger partial charge in [0, 0.05) is 34.5 Å². The van der Waals surface area contributed by atoms with Crippen LogP contribution in [0.5, 0.6) is 11.5 Å². The molecule has 6 bridgehead atoms. The number of unbranched alkanes of at least 4 members (excludes halogenated alkanes) is 2. The van der Waals surface area contributed by atoms with Gasteiger partial charge in [0.05, 0.1) is 47.3 Å². The lowest BCUT2D eigenvalue weighted by Crippen LogP contribution is -2.57. The Hall–Kier alpha value is -4.43. The van der Waals surface area contributed by atoms with Gasteiger partial charge in [0.25, 0.3) is 5.91 Å². The highest BCUT2D eigenvalue weighted by Crippen LogP contribution is 2.44. The third-order valence-corrected chi connectivity index (χ3v) is 11.0. The summed E-state index contributed by atoms with van der Waals surface area (Å²) in [6.45, 7) is 13.6. The van der Waals surface area contributed by atoms with E-state index < -0.39 is 99.8 Å². The van der Waals surface area contributed by atoms with Crippen molar-refractivity contribution in [2.45, 2.75) is 112 Å². The number of ketones is 3. The van der Waals surface area contributed by atoms with Gasteiger partial charge in [0.15, 0.2) is 11.6 Å². The maximum Gasteiger partial charge on any atom is 0.314 e. The summed E-state index contributed by atoms with van der Waals surface area (Å²) in [5.74, 6) is -8.85. The second kappa shape index (κ2) is 16.5. The molecule has 1 amide bonds. The molecule has 0 saturated carbocycles. The minimum atomic E-state index is -2.24. The van der Waals surface area contributed by atoms with Crippen LogP contribution >= 0.6 is 0 Å². The molecule has 13 nitrogen and oxygen atoms in total. The Morgan fingerprint density at radius 3 is 2.11 bits per heavy atom. The lowest BCUT2D eigenvalue weighted by molar-refractivity contribution is -0.198. The fourth-order valence-corrected chi connectivity index (χ4v) is 7.47. The first-order valence-corrected chi connectivity index (χ1v) is 18.4. The minimum absolute atomic E-state index is 0.00767. The number of amides is 1. The molecule has 0 spiro atoms. The third-order valence-electron chi connectivity index (χ3n) is 11.0. The van der Waals surface area contributed by atoms with Gasteiger partial charge in [-0.05, 0) is 52.7 Å². The first kappa shape index (κ1) is 42.3. The van der Waals surface area contributed by atoms with Crippen LogP contribution in [0.4, 0.5) is 0 Å². The molecule has 6 N–H and O–H groups in total. The molecule has 7 rings (SSSR count). The van der Waals surface area contributed by atoms with E-state index >= 15 is 0 Å². The van der Waals surface area contributed by atoms with E-state index in [1.165, 1.54) is 53.7 Å².